The quantitative estimate of drug-likeness (QED) is 0.456. The van der Waals surface area contributed by atoms with Gasteiger partial charge in [0.2, 0.25) is 5.78 Å². The molecule has 13 heteroatoms. The monoisotopic (exact) mass is 468 g/mol. The maximum Gasteiger partial charge on any atom is 0.411 e. The number of aromatic nitrogens is 1. The number of ketones is 1. The van der Waals surface area contributed by atoms with Gasteiger partial charge in [0.15, 0.2) is 6.04 Å². The second kappa shape index (κ2) is 9.81. The van der Waals surface area contributed by atoms with Crippen molar-refractivity contribution in [3.63, 3.8) is 0 Å². The number of hydrogen-bond acceptors (Lipinski definition) is 6. The van der Waals surface area contributed by atoms with Crippen LogP contribution in [0.1, 0.15) is 0 Å². The SMILES string of the molecule is NC(C(=O)C(=O)Nc1ccc(N2CCN(C(=O)Nc3ccccc3F)CC2)nc1)C(F)(F)F. The van der Waals surface area contributed by atoms with Gasteiger partial charge >= 0.3 is 12.2 Å². The topological polar surface area (TPSA) is 121 Å². The highest BCUT2D eigenvalue weighted by molar-refractivity contribution is 6.42. The van der Waals surface area contributed by atoms with E-state index in [0.717, 1.165) is 0 Å². The molecule has 0 spiro atoms. The van der Waals surface area contributed by atoms with E-state index < -0.39 is 35.8 Å². The molecular weight excluding hydrogens is 448 g/mol. The smallest absolute Gasteiger partial charge is 0.353 e. The zero-order chi connectivity index (χ0) is 24.2. The van der Waals surface area contributed by atoms with E-state index in [9.17, 15) is 31.9 Å². The molecule has 3 rings (SSSR count). The Labute approximate surface area is 185 Å². The Balaban J connectivity index is 1.52. The summed E-state index contributed by atoms with van der Waals surface area (Å²) in [5.74, 6) is -3.34. The molecule has 1 aromatic heterocycles. The lowest BCUT2D eigenvalue weighted by molar-refractivity contribution is -0.164. The molecule has 1 aliphatic heterocycles. The molecule has 3 amide bonds. The number of nitrogens with one attached hydrogen (secondary N) is 2. The van der Waals surface area contributed by atoms with Crippen LogP contribution in [-0.2, 0) is 9.59 Å². The average Bonchev–Trinajstić information content (AvgIpc) is 2.79. The summed E-state index contributed by atoms with van der Waals surface area (Å²) >= 11 is 0. The number of hydrogen-bond donors (Lipinski definition) is 3. The van der Waals surface area contributed by atoms with Crippen LogP contribution in [0.15, 0.2) is 42.6 Å². The molecule has 0 radical (unpaired) electrons. The highest BCUT2D eigenvalue weighted by Gasteiger charge is 2.44. The summed E-state index contributed by atoms with van der Waals surface area (Å²) in [5.41, 5.74) is 4.85. The second-order valence-electron chi connectivity index (χ2n) is 7.13. The van der Waals surface area contributed by atoms with Crippen LogP contribution in [0.2, 0.25) is 0 Å². The van der Waals surface area contributed by atoms with E-state index in [0.29, 0.717) is 32.0 Å². The minimum absolute atomic E-state index is 0.0226. The van der Waals surface area contributed by atoms with Gasteiger partial charge in [-0.15, -0.1) is 0 Å². The fourth-order valence-corrected chi connectivity index (χ4v) is 3.03. The molecule has 1 atom stereocenters. The number of carbonyl (C=O) groups excluding carboxylic acids is 3. The zero-order valence-electron chi connectivity index (χ0n) is 17.1. The fourth-order valence-electron chi connectivity index (χ4n) is 3.03. The van der Waals surface area contributed by atoms with Crippen molar-refractivity contribution in [2.24, 2.45) is 5.73 Å². The van der Waals surface area contributed by atoms with Gasteiger partial charge in [0.05, 0.1) is 17.6 Å². The summed E-state index contributed by atoms with van der Waals surface area (Å²) in [6.07, 6.45) is -3.83. The lowest BCUT2D eigenvalue weighted by atomic mass is 10.2. The highest BCUT2D eigenvalue weighted by Crippen LogP contribution is 2.20. The van der Waals surface area contributed by atoms with Gasteiger partial charge in [-0.05, 0) is 24.3 Å². The number of carbonyl (C=O) groups is 3. The van der Waals surface area contributed by atoms with Crippen molar-refractivity contribution in [1.29, 1.82) is 0 Å². The number of nitrogens with zero attached hydrogens (tertiary/aromatic N) is 3. The molecule has 9 nitrogen and oxygen atoms in total. The largest absolute Gasteiger partial charge is 0.411 e. The molecule has 0 aliphatic carbocycles. The molecule has 1 saturated heterocycles. The number of pyridine rings is 1. The van der Waals surface area contributed by atoms with Gasteiger partial charge in [0.25, 0.3) is 5.91 Å². The molecule has 1 fully saturated rings. The second-order valence-corrected chi connectivity index (χ2v) is 7.13. The predicted molar refractivity (Wildman–Crippen MR) is 111 cm³/mol. The first-order valence-electron chi connectivity index (χ1n) is 9.75. The van der Waals surface area contributed by atoms with Crippen LogP contribution in [0, 0.1) is 5.82 Å². The summed E-state index contributed by atoms with van der Waals surface area (Å²) in [4.78, 5) is 43.0. The number of para-hydroxylation sites is 1. The van der Waals surface area contributed by atoms with Gasteiger partial charge in [-0.2, -0.15) is 13.2 Å². The van der Waals surface area contributed by atoms with E-state index in [-0.39, 0.29) is 11.4 Å². The number of urea groups is 1. The van der Waals surface area contributed by atoms with Gasteiger partial charge in [-0.3, -0.25) is 9.59 Å². The lowest BCUT2D eigenvalue weighted by Crippen LogP contribution is -2.50. The maximum atomic E-state index is 13.7. The highest BCUT2D eigenvalue weighted by atomic mass is 19.4. The lowest BCUT2D eigenvalue weighted by Gasteiger charge is -2.35. The number of benzene rings is 1. The van der Waals surface area contributed by atoms with E-state index >= 15 is 0 Å². The van der Waals surface area contributed by atoms with Crippen molar-refractivity contribution >= 4 is 34.9 Å². The molecule has 2 heterocycles. The van der Waals surface area contributed by atoms with Crippen LogP contribution < -0.4 is 21.3 Å². The number of nitrogens with two attached hydrogens (primary N) is 1. The molecule has 4 N–H and O–H groups in total. The Kier molecular flexibility index (Phi) is 7.11. The van der Waals surface area contributed by atoms with E-state index in [1.807, 2.05) is 10.2 Å². The molecule has 33 heavy (non-hydrogen) atoms. The predicted octanol–water partition coefficient (Wildman–Crippen LogP) is 1.97. The average molecular weight is 468 g/mol. The van der Waals surface area contributed by atoms with Crippen molar-refractivity contribution in [3.8, 4) is 0 Å². The number of Topliss-reactive ketones (excluding diaryl/α,β-unsaturated/α-hetero) is 1. The molecule has 0 bridgehead atoms. The number of amides is 3. The number of anilines is 3. The van der Waals surface area contributed by atoms with Crippen LogP contribution in [0.5, 0.6) is 0 Å². The van der Waals surface area contributed by atoms with Crippen LogP contribution >= 0.6 is 0 Å². The summed E-state index contributed by atoms with van der Waals surface area (Å²) in [6, 6.07) is 5.37. The van der Waals surface area contributed by atoms with Crippen molar-refractivity contribution in [3.05, 3.63) is 48.4 Å². The van der Waals surface area contributed by atoms with Gasteiger partial charge < -0.3 is 26.2 Å². The molecule has 0 saturated carbocycles. The third-order valence-corrected chi connectivity index (χ3v) is 4.87. The Morgan fingerprint density at radius 2 is 1.67 bits per heavy atom. The number of rotatable bonds is 5. The maximum absolute atomic E-state index is 13.7. The zero-order valence-corrected chi connectivity index (χ0v) is 17.1. The van der Waals surface area contributed by atoms with Crippen LogP contribution in [-0.4, -0.2) is 66.0 Å². The molecule has 1 aliphatic rings. The normalized spacial score (nSPS) is 15.1. The first-order chi connectivity index (χ1) is 15.6. The Morgan fingerprint density at radius 3 is 2.24 bits per heavy atom. The minimum Gasteiger partial charge on any atom is -0.353 e. The summed E-state index contributed by atoms with van der Waals surface area (Å²) in [7, 11) is 0. The van der Waals surface area contributed by atoms with Crippen LogP contribution in [0.25, 0.3) is 0 Å². The Bertz CT molecular complexity index is 1020. The first kappa shape index (κ1) is 23.9. The van der Waals surface area contributed by atoms with Crippen molar-refractivity contribution < 1.29 is 31.9 Å². The van der Waals surface area contributed by atoms with Crippen molar-refractivity contribution in [1.82, 2.24) is 9.88 Å². The summed E-state index contributed by atoms with van der Waals surface area (Å²) in [6.45, 7) is 1.51. The van der Waals surface area contributed by atoms with Gasteiger partial charge in [-0.25, -0.2) is 14.2 Å². The fraction of sp³-hybridized carbons (Fsp3) is 0.300. The summed E-state index contributed by atoms with van der Waals surface area (Å²) in [5, 5.41) is 4.55. The van der Waals surface area contributed by atoms with Crippen LogP contribution in [0.3, 0.4) is 0 Å². The van der Waals surface area contributed by atoms with Crippen molar-refractivity contribution in [2.75, 3.05) is 41.7 Å². The number of halogens is 4. The summed E-state index contributed by atoms with van der Waals surface area (Å²) < 4.78 is 51.1. The van der Waals surface area contributed by atoms with Crippen molar-refractivity contribution in [2.45, 2.75) is 12.2 Å². The van der Waals surface area contributed by atoms with E-state index in [1.54, 1.807) is 6.07 Å². The van der Waals surface area contributed by atoms with E-state index in [1.165, 1.54) is 41.4 Å². The minimum atomic E-state index is -5.02. The Hall–Kier alpha value is -3.74. The van der Waals surface area contributed by atoms with Gasteiger partial charge in [0, 0.05) is 26.2 Å². The Morgan fingerprint density at radius 1 is 1.00 bits per heavy atom. The van der Waals surface area contributed by atoms with E-state index in [4.69, 9.17) is 5.73 Å². The first-order valence-corrected chi connectivity index (χ1v) is 9.75. The number of piperazine rings is 1. The molecule has 1 aromatic carbocycles. The number of alkyl halides is 3. The molecule has 1 unspecified atom stereocenters. The third kappa shape index (κ3) is 5.94. The molecular formula is C20H20F4N6O3. The molecule has 176 valence electrons. The van der Waals surface area contributed by atoms with Gasteiger partial charge in [0.1, 0.15) is 11.6 Å². The standard InChI is InChI=1S/C20H20F4N6O3/c21-13-3-1-2-4-14(13)28-19(33)30-9-7-29(8-10-30)15-6-5-12(11-26-15)27-18(32)16(31)17(25)20(22,23)24/h1-6,11,17H,7-10,25H2,(H,27,32)(H,28,33). The van der Waals surface area contributed by atoms with E-state index in [2.05, 4.69) is 10.3 Å². The third-order valence-electron chi connectivity index (χ3n) is 4.87. The van der Waals surface area contributed by atoms with Gasteiger partial charge in [-0.1, -0.05) is 12.1 Å². The molecule has 2 aromatic rings. The van der Waals surface area contributed by atoms with Crippen LogP contribution in [0.4, 0.5) is 39.5 Å².